The SMILES string of the molecule is CCCC(=O)c1sc(Nc2ncc3c(n2)N(CCNS(N)=O)CCC3)nc1C. The molecule has 0 radical (unpaired) electrons. The molecule has 3 heterocycles. The lowest BCUT2D eigenvalue weighted by Gasteiger charge is -2.29. The zero-order valence-electron chi connectivity index (χ0n) is 16.0. The van der Waals surface area contributed by atoms with Gasteiger partial charge >= 0.3 is 0 Å². The Morgan fingerprint density at radius 3 is 3.00 bits per heavy atom. The third-order valence-corrected chi connectivity index (χ3v) is 5.99. The lowest BCUT2D eigenvalue weighted by atomic mass is 10.1. The van der Waals surface area contributed by atoms with Gasteiger partial charge in [-0.05, 0) is 26.2 Å². The molecule has 1 atom stereocenters. The topological polar surface area (TPSA) is 126 Å². The number of hydrogen-bond donors (Lipinski definition) is 3. The highest BCUT2D eigenvalue weighted by Gasteiger charge is 2.20. The molecule has 3 rings (SSSR count). The first-order chi connectivity index (χ1) is 13.5. The molecule has 0 aromatic carbocycles. The molecule has 28 heavy (non-hydrogen) atoms. The maximum absolute atomic E-state index is 12.2. The standard InChI is InChI=1S/C17H25N7O2S2/c1-3-5-13(25)14-11(2)21-17(27-14)23-16-19-10-12-6-4-8-24(15(12)22-16)9-7-20-28(18)26/h10,20H,3-9,18H2,1-2H3,(H,19,21,22,23). The molecule has 1 aliphatic heterocycles. The molecule has 1 unspecified atom stereocenters. The van der Waals surface area contributed by atoms with E-state index in [1.54, 1.807) is 0 Å². The van der Waals surface area contributed by atoms with Crippen molar-refractivity contribution in [2.45, 2.75) is 39.5 Å². The number of ketones is 1. The number of nitrogens with zero attached hydrogens (tertiary/aromatic N) is 4. The zero-order valence-corrected chi connectivity index (χ0v) is 17.7. The number of hydrogen-bond acceptors (Lipinski definition) is 8. The predicted molar refractivity (Wildman–Crippen MR) is 112 cm³/mol. The summed E-state index contributed by atoms with van der Waals surface area (Å²) in [7, 11) is 0. The number of nitrogens with two attached hydrogens (primary N) is 1. The van der Waals surface area contributed by atoms with Gasteiger partial charge in [-0.3, -0.25) is 10.1 Å². The maximum Gasteiger partial charge on any atom is 0.230 e. The molecule has 0 spiro atoms. The fourth-order valence-electron chi connectivity index (χ4n) is 3.12. The number of aromatic nitrogens is 3. The smallest absolute Gasteiger partial charge is 0.230 e. The van der Waals surface area contributed by atoms with Gasteiger partial charge in [0.1, 0.15) is 5.82 Å². The van der Waals surface area contributed by atoms with E-state index in [4.69, 9.17) is 5.14 Å². The lowest BCUT2D eigenvalue weighted by molar-refractivity contribution is 0.0985. The van der Waals surface area contributed by atoms with E-state index >= 15 is 0 Å². The van der Waals surface area contributed by atoms with Crippen LogP contribution in [0.4, 0.5) is 16.9 Å². The number of anilines is 3. The second kappa shape index (κ2) is 9.50. The maximum atomic E-state index is 12.2. The summed E-state index contributed by atoms with van der Waals surface area (Å²) in [4.78, 5) is 28.5. The van der Waals surface area contributed by atoms with E-state index in [-0.39, 0.29) is 5.78 Å². The van der Waals surface area contributed by atoms with E-state index in [2.05, 4.69) is 29.9 Å². The average molecular weight is 424 g/mol. The summed E-state index contributed by atoms with van der Waals surface area (Å²) in [6, 6.07) is 0. The first-order valence-corrected chi connectivity index (χ1v) is 11.3. The Kier molecular flexibility index (Phi) is 7.05. The van der Waals surface area contributed by atoms with Gasteiger partial charge in [0.2, 0.25) is 5.95 Å². The summed E-state index contributed by atoms with van der Waals surface area (Å²) >= 11 is -0.186. The van der Waals surface area contributed by atoms with Crippen molar-refractivity contribution >= 4 is 45.2 Å². The zero-order chi connectivity index (χ0) is 20.1. The molecule has 4 N–H and O–H groups in total. The Balaban J connectivity index is 1.75. The van der Waals surface area contributed by atoms with Gasteiger partial charge < -0.3 is 4.90 Å². The molecule has 11 heteroatoms. The number of thiazole rings is 1. The number of Topliss-reactive ketones (excluding diaryl/α,β-unsaturated/α-hetero) is 1. The van der Waals surface area contributed by atoms with Crippen LogP contribution in [0, 0.1) is 6.92 Å². The van der Waals surface area contributed by atoms with Crippen molar-refractivity contribution in [3.8, 4) is 0 Å². The van der Waals surface area contributed by atoms with E-state index in [1.165, 1.54) is 11.3 Å². The Bertz CT molecular complexity index is 871. The van der Waals surface area contributed by atoms with Crippen LogP contribution in [0.1, 0.15) is 47.1 Å². The van der Waals surface area contributed by atoms with Gasteiger partial charge in [0.15, 0.2) is 22.1 Å². The minimum absolute atomic E-state index is 0.118. The summed E-state index contributed by atoms with van der Waals surface area (Å²) < 4.78 is 13.7. The summed E-state index contributed by atoms with van der Waals surface area (Å²) in [5, 5.41) is 8.98. The van der Waals surface area contributed by atoms with Gasteiger partial charge in [-0.2, -0.15) is 4.98 Å². The van der Waals surface area contributed by atoms with Gasteiger partial charge in [-0.25, -0.2) is 24.0 Å². The number of nitrogens with one attached hydrogen (secondary N) is 2. The minimum Gasteiger partial charge on any atom is -0.355 e. The molecule has 0 saturated carbocycles. The first kappa shape index (κ1) is 20.8. The van der Waals surface area contributed by atoms with E-state index in [0.717, 1.165) is 42.9 Å². The second-order valence-corrected chi connectivity index (χ2v) is 8.44. The molecule has 0 aliphatic carbocycles. The Hall–Kier alpha value is -1.95. The van der Waals surface area contributed by atoms with Crippen LogP contribution in [0.15, 0.2) is 6.20 Å². The Morgan fingerprint density at radius 2 is 2.25 bits per heavy atom. The van der Waals surface area contributed by atoms with Crippen LogP contribution >= 0.6 is 11.3 Å². The summed E-state index contributed by atoms with van der Waals surface area (Å²) in [5.41, 5.74) is 1.81. The second-order valence-electron chi connectivity index (χ2n) is 6.56. The van der Waals surface area contributed by atoms with Crippen molar-refractivity contribution in [3.63, 3.8) is 0 Å². The highest BCUT2D eigenvalue weighted by Crippen LogP contribution is 2.29. The Morgan fingerprint density at radius 1 is 1.43 bits per heavy atom. The van der Waals surface area contributed by atoms with E-state index < -0.39 is 11.2 Å². The minimum atomic E-state index is -1.52. The van der Waals surface area contributed by atoms with Gasteiger partial charge in [0.05, 0.1) is 10.6 Å². The molecule has 0 saturated heterocycles. The number of rotatable bonds is 9. The molecule has 1 aliphatic rings. The van der Waals surface area contributed by atoms with Gasteiger partial charge in [-0.15, -0.1) is 0 Å². The number of carbonyl (C=O) groups excluding carboxylic acids is 1. The largest absolute Gasteiger partial charge is 0.355 e. The number of fused-ring (bicyclic) bond motifs is 1. The average Bonchev–Trinajstić information content (AvgIpc) is 3.02. The molecule has 9 nitrogen and oxygen atoms in total. The van der Waals surface area contributed by atoms with Crippen molar-refractivity contribution in [1.29, 1.82) is 0 Å². The van der Waals surface area contributed by atoms with Crippen molar-refractivity contribution in [2.75, 3.05) is 29.9 Å². The van der Waals surface area contributed by atoms with Crippen LogP contribution in [0.25, 0.3) is 0 Å². The van der Waals surface area contributed by atoms with Crippen molar-refractivity contribution < 1.29 is 9.00 Å². The molecule has 152 valence electrons. The fraction of sp³-hybridized carbons (Fsp3) is 0.529. The van der Waals surface area contributed by atoms with Crippen LogP contribution in [0.2, 0.25) is 0 Å². The fourth-order valence-corrected chi connectivity index (χ4v) is 4.34. The van der Waals surface area contributed by atoms with E-state index in [1.807, 2.05) is 20.0 Å². The van der Waals surface area contributed by atoms with Crippen LogP contribution in [0.5, 0.6) is 0 Å². The van der Waals surface area contributed by atoms with E-state index in [0.29, 0.717) is 35.5 Å². The molecule has 2 aromatic heterocycles. The van der Waals surface area contributed by atoms with Crippen LogP contribution in [0.3, 0.4) is 0 Å². The lowest BCUT2D eigenvalue weighted by Crippen LogP contribution is -2.38. The van der Waals surface area contributed by atoms with Crippen LogP contribution < -0.4 is 20.1 Å². The van der Waals surface area contributed by atoms with Crippen molar-refractivity contribution in [1.82, 2.24) is 19.7 Å². The van der Waals surface area contributed by atoms with Crippen molar-refractivity contribution in [2.24, 2.45) is 5.14 Å². The van der Waals surface area contributed by atoms with Crippen LogP contribution in [-0.4, -0.2) is 44.6 Å². The van der Waals surface area contributed by atoms with Gasteiger partial charge in [0, 0.05) is 37.8 Å². The molecule has 0 fully saturated rings. The Labute approximate surface area is 170 Å². The molecular weight excluding hydrogens is 398 g/mol. The number of carbonyl (C=O) groups is 1. The van der Waals surface area contributed by atoms with E-state index in [9.17, 15) is 9.00 Å². The highest BCUT2D eigenvalue weighted by atomic mass is 32.2. The van der Waals surface area contributed by atoms with Crippen LogP contribution in [-0.2, 0) is 17.6 Å². The van der Waals surface area contributed by atoms with Gasteiger partial charge in [-0.1, -0.05) is 18.3 Å². The highest BCUT2D eigenvalue weighted by molar-refractivity contribution is 7.80. The molecular formula is C17H25N7O2S2. The quantitative estimate of drug-likeness (QED) is 0.525. The molecule has 2 aromatic rings. The summed E-state index contributed by atoms with van der Waals surface area (Å²) in [5.74, 6) is 1.43. The molecule has 0 bridgehead atoms. The summed E-state index contributed by atoms with van der Waals surface area (Å²) in [6.45, 7) is 5.85. The van der Waals surface area contributed by atoms with Gasteiger partial charge in [0.25, 0.3) is 0 Å². The third kappa shape index (κ3) is 5.10. The monoisotopic (exact) mass is 423 g/mol. The number of aryl methyl sites for hydroxylation is 2. The predicted octanol–water partition coefficient (Wildman–Crippen LogP) is 1.85. The normalized spacial score (nSPS) is 14.6. The van der Waals surface area contributed by atoms with Crippen molar-refractivity contribution in [3.05, 3.63) is 22.3 Å². The molecule has 0 amide bonds. The first-order valence-electron chi connectivity index (χ1n) is 9.26. The summed E-state index contributed by atoms with van der Waals surface area (Å²) in [6.07, 6.45) is 5.11. The third-order valence-electron chi connectivity index (χ3n) is 4.39.